The standard InChI is InChI=1S/C10H22N/c1-8-7-11(5,6)9(2)10(8,3)4/h8-9H,7H2,1-6H3/q+1. The molecule has 0 aromatic carbocycles. The summed E-state index contributed by atoms with van der Waals surface area (Å²) in [6, 6.07) is 0.789. The lowest BCUT2D eigenvalue weighted by Gasteiger charge is -2.34. The molecular formula is C10H22N+. The minimum Gasteiger partial charge on any atom is -0.326 e. The number of quaternary nitrogens is 1. The third-order valence-electron chi connectivity index (χ3n) is 4.14. The lowest BCUT2D eigenvalue weighted by atomic mass is 9.78. The smallest absolute Gasteiger partial charge is 0.0914 e. The molecule has 0 aromatic rings. The Labute approximate surface area is 71.0 Å². The van der Waals surface area contributed by atoms with Crippen LogP contribution in [0.15, 0.2) is 0 Å². The van der Waals surface area contributed by atoms with Crippen molar-refractivity contribution in [3.8, 4) is 0 Å². The molecule has 1 nitrogen and oxygen atoms in total. The predicted molar refractivity (Wildman–Crippen MR) is 49.4 cm³/mol. The quantitative estimate of drug-likeness (QED) is 0.471. The summed E-state index contributed by atoms with van der Waals surface area (Å²) in [7, 11) is 4.69. The fourth-order valence-electron chi connectivity index (χ4n) is 2.41. The minimum atomic E-state index is 0.517. The van der Waals surface area contributed by atoms with Crippen molar-refractivity contribution in [2.24, 2.45) is 11.3 Å². The van der Waals surface area contributed by atoms with E-state index in [0.717, 1.165) is 12.0 Å². The molecule has 0 saturated carbocycles. The van der Waals surface area contributed by atoms with Gasteiger partial charge in [0.1, 0.15) is 0 Å². The highest BCUT2D eigenvalue weighted by molar-refractivity contribution is 4.86. The molecule has 1 aliphatic heterocycles. The molecule has 0 aromatic heterocycles. The highest BCUT2D eigenvalue weighted by Crippen LogP contribution is 2.42. The summed E-state index contributed by atoms with van der Waals surface area (Å²) in [5.74, 6) is 0.854. The van der Waals surface area contributed by atoms with Crippen LogP contribution in [-0.4, -0.2) is 31.2 Å². The summed E-state index contributed by atoms with van der Waals surface area (Å²) in [6.07, 6.45) is 0. The maximum Gasteiger partial charge on any atom is 0.0914 e. The summed E-state index contributed by atoms with van der Waals surface area (Å²) < 4.78 is 1.19. The number of likely N-dealkylation sites (tertiary alicyclic amines) is 1. The molecule has 0 aliphatic carbocycles. The van der Waals surface area contributed by atoms with E-state index in [4.69, 9.17) is 0 Å². The Bertz CT molecular complexity index is 158. The Hall–Kier alpha value is -0.0400. The zero-order valence-electron chi connectivity index (χ0n) is 8.81. The molecule has 66 valence electrons. The summed E-state index contributed by atoms with van der Waals surface area (Å²) in [4.78, 5) is 0. The van der Waals surface area contributed by atoms with Crippen molar-refractivity contribution < 1.29 is 4.48 Å². The van der Waals surface area contributed by atoms with Crippen LogP contribution in [0.4, 0.5) is 0 Å². The van der Waals surface area contributed by atoms with Crippen molar-refractivity contribution in [1.29, 1.82) is 0 Å². The number of rotatable bonds is 0. The van der Waals surface area contributed by atoms with Crippen LogP contribution in [0.2, 0.25) is 0 Å². The maximum atomic E-state index is 2.40. The van der Waals surface area contributed by atoms with Crippen LogP contribution in [0.5, 0.6) is 0 Å². The summed E-state index contributed by atoms with van der Waals surface area (Å²) in [5, 5.41) is 0. The second-order valence-electron chi connectivity index (χ2n) is 5.36. The molecule has 1 heterocycles. The van der Waals surface area contributed by atoms with Crippen LogP contribution in [-0.2, 0) is 0 Å². The van der Waals surface area contributed by atoms with Gasteiger partial charge in [0.15, 0.2) is 0 Å². The van der Waals surface area contributed by atoms with Crippen LogP contribution >= 0.6 is 0 Å². The fraction of sp³-hybridized carbons (Fsp3) is 1.00. The van der Waals surface area contributed by atoms with Crippen molar-refractivity contribution in [3.05, 3.63) is 0 Å². The van der Waals surface area contributed by atoms with E-state index in [9.17, 15) is 0 Å². The molecule has 1 aliphatic rings. The normalized spacial score (nSPS) is 40.9. The maximum absolute atomic E-state index is 2.40. The molecule has 0 N–H and O–H groups in total. The average molecular weight is 156 g/mol. The van der Waals surface area contributed by atoms with Gasteiger partial charge in [0.05, 0.1) is 26.7 Å². The second kappa shape index (κ2) is 2.22. The number of nitrogens with zero attached hydrogens (tertiary/aromatic N) is 1. The molecule has 0 radical (unpaired) electrons. The van der Waals surface area contributed by atoms with Crippen molar-refractivity contribution >= 4 is 0 Å². The zero-order chi connectivity index (χ0) is 8.86. The van der Waals surface area contributed by atoms with Gasteiger partial charge >= 0.3 is 0 Å². The van der Waals surface area contributed by atoms with Gasteiger partial charge in [-0.25, -0.2) is 0 Å². The van der Waals surface area contributed by atoms with Gasteiger partial charge in [0.2, 0.25) is 0 Å². The SMILES string of the molecule is CC1C[N+](C)(C)C(C)C1(C)C. The highest BCUT2D eigenvalue weighted by atomic mass is 15.4. The Morgan fingerprint density at radius 1 is 1.18 bits per heavy atom. The topological polar surface area (TPSA) is 0 Å². The van der Waals surface area contributed by atoms with Crippen LogP contribution < -0.4 is 0 Å². The van der Waals surface area contributed by atoms with Crippen molar-refractivity contribution in [3.63, 3.8) is 0 Å². The Kier molecular flexibility index (Phi) is 1.83. The first kappa shape index (κ1) is 9.05. The molecule has 1 saturated heterocycles. The van der Waals surface area contributed by atoms with Gasteiger partial charge in [-0.1, -0.05) is 20.8 Å². The van der Waals surface area contributed by atoms with Gasteiger partial charge in [-0.2, -0.15) is 0 Å². The van der Waals surface area contributed by atoms with Crippen LogP contribution in [0.1, 0.15) is 27.7 Å². The van der Waals surface area contributed by atoms with Crippen molar-refractivity contribution in [2.45, 2.75) is 33.7 Å². The third-order valence-corrected chi connectivity index (χ3v) is 4.14. The predicted octanol–water partition coefficient (Wildman–Crippen LogP) is 2.13. The monoisotopic (exact) mass is 156 g/mol. The summed E-state index contributed by atoms with van der Waals surface area (Å²) >= 11 is 0. The molecule has 0 spiro atoms. The van der Waals surface area contributed by atoms with Gasteiger partial charge in [0.25, 0.3) is 0 Å². The molecule has 11 heavy (non-hydrogen) atoms. The van der Waals surface area contributed by atoms with Crippen molar-refractivity contribution in [1.82, 2.24) is 0 Å². The van der Waals surface area contributed by atoms with Crippen LogP contribution in [0.3, 0.4) is 0 Å². The van der Waals surface area contributed by atoms with Gasteiger partial charge < -0.3 is 4.48 Å². The molecular weight excluding hydrogens is 134 g/mol. The Morgan fingerprint density at radius 2 is 1.64 bits per heavy atom. The van der Waals surface area contributed by atoms with E-state index in [0.29, 0.717) is 5.41 Å². The zero-order valence-corrected chi connectivity index (χ0v) is 8.81. The lowest BCUT2D eigenvalue weighted by molar-refractivity contribution is -0.904. The second-order valence-corrected chi connectivity index (χ2v) is 5.36. The van der Waals surface area contributed by atoms with Gasteiger partial charge in [-0.15, -0.1) is 0 Å². The largest absolute Gasteiger partial charge is 0.326 e. The van der Waals surface area contributed by atoms with E-state index in [1.54, 1.807) is 0 Å². The Balaban J connectivity index is 2.89. The molecule has 2 atom stereocenters. The Morgan fingerprint density at radius 3 is 1.73 bits per heavy atom. The van der Waals surface area contributed by atoms with Crippen molar-refractivity contribution in [2.75, 3.05) is 20.6 Å². The van der Waals surface area contributed by atoms with Gasteiger partial charge in [-0.3, -0.25) is 0 Å². The van der Waals surface area contributed by atoms with E-state index in [2.05, 4.69) is 41.8 Å². The minimum absolute atomic E-state index is 0.517. The summed E-state index contributed by atoms with van der Waals surface area (Å²) in [6.45, 7) is 10.9. The first-order valence-corrected chi connectivity index (χ1v) is 4.61. The van der Waals surface area contributed by atoms with E-state index >= 15 is 0 Å². The molecule has 0 bridgehead atoms. The molecule has 0 amide bonds. The van der Waals surface area contributed by atoms with E-state index in [-0.39, 0.29) is 0 Å². The van der Waals surface area contributed by atoms with Crippen LogP contribution in [0, 0.1) is 11.3 Å². The molecule has 2 unspecified atom stereocenters. The number of hydrogen-bond acceptors (Lipinski definition) is 0. The first-order chi connectivity index (χ1) is 4.78. The summed E-state index contributed by atoms with van der Waals surface area (Å²) in [5.41, 5.74) is 0.517. The molecule has 1 fully saturated rings. The van der Waals surface area contributed by atoms with E-state index < -0.39 is 0 Å². The molecule has 1 heteroatoms. The average Bonchev–Trinajstić information content (AvgIpc) is 1.94. The molecule has 1 rings (SSSR count). The lowest BCUT2D eigenvalue weighted by Crippen LogP contribution is -2.46. The van der Waals surface area contributed by atoms with Gasteiger partial charge in [-0.05, 0) is 6.92 Å². The third kappa shape index (κ3) is 1.20. The van der Waals surface area contributed by atoms with E-state index in [1.165, 1.54) is 11.0 Å². The first-order valence-electron chi connectivity index (χ1n) is 4.61. The van der Waals surface area contributed by atoms with Gasteiger partial charge in [0, 0.05) is 11.3 Å². The van der Waals surface area contributed by atoms with E-state index in [1.807, 2.05) is 0 Å². The number of hydrogen-bond donors (Lipinski definition) is 0. The highest BCUT2D eigenvalue weighted by Gasteiger charge is 2.50. The fourth-order valence-corrected chi connectivity index (χ4v) is 2.41. The van der Waals surface area contributed by atoms with Crippen LogP contribution in [0.25, 0.3) is 0 Å².